The molecule has 6 rings (SSSR count). The Morgan fingerprint density at radius 2 is 1.66 bits per heavy atom. The molecule has 1 aromatic heterocycles. The normalized spacial score (nSPS) is 18.6. The number of aromatic nitrogens is 2. The van der Waals surface area contributed by atoms with Crippen molar-refractivity contribution in [3.05, 3.63) is 71.3 Å². The minimum Gasteiger partial charge on any atom is -0.475 e. The summed E-state index contributed by atoms with van der Waals surface area (Å²) in [5.74, 6) is 0.198. The molecule has 3 heterocycles. The van der Waals surface area contributed by atoms with Crippen LogP contribution < -0.4 is 14.4 Å². The number of nitrogens with zero attached hydrogens (tertiary/aromatic N) is 3. The first-order valence-corrected chi connectivity index (χ1v) is 18.1. The summed E-state index contributed by atoms with van der Waals surface area (Å²) in [7, 11) is -0.0726. The Kier molecular flexibility index (Phi) is 8.86. The van der Waals surface area contributed by atoms with Gasteiger partial charge in [0.2, 0.25) is 21.8 Å². The Bertz CT molecular complexity index is 1870. The van der Waals surface area contributed by atoms with E-state index in [1.807, 2.05) is 77.9 Å². The van der Waals surface area contributed by atoms with Crippen molar-refractivity contribution < 1.29 is 17.9 Å². The fourth-order valence-electron chi connectivity index (χ4n) is 7.44. The molecule has 1 amide bonds. The highest BCUT2D eigenvalue weighted by molar-refractivity contribution is 7.89. The highest BCUT2D eigenvalue weighted by atomic mass is 32.2. The van der Waals surface area contributed by atoms with Gasteiger partial charge >= 0.3 is 0 Å². The fourth-order valence-corrected chi connectivity index (χ4v) is 8.82. The Morgan fingerprint density at radius 3 is 2.28 bits per heavy atom. The molecule has 2 bridgehead atoms. The van der Waals surface area contributed by atoms with Crippen molar-refractivity contribution >= 4 is 32.4 Å². The van der Waals surface area contributed by atoms with Crippen molar-refractivity contribution in [1.82, 2.24) is 19.8 Å². The molecule has 9 nitrogen and oxygen atoms in total. The van der Waals surface area contributed by atoms with E-state index in [0.717, 1.165) is 64.7 Å². The molecule has 0 radical (unpaired) electrons. The number of carbonyl (C=O) groups is 1. The van der Waals surface area contributed by atoms with Crippen LogP contribution in [0.4, 0.5) is 5.69 Å². The largest absolute Gasteiger partial charge is 0.475 e. The Balaban J connectivity index is 1.29. The third kappa shape index (κ3) is 6.37. The van der Waals surface area contributed by atoms with Crippen molar-refractivity contribution in [1.29, 1.82) is 0 Å². The van der Waals surface area contributed by atoms with Gasteiger partial charge in [-0.3, -0.25) is 9.89 Å². The van der Waals surface area contributed by atoms with Gasteiger partial charge in [0, 0.05) is 60.8 Å². The van der Waals surface area contributed by atoms with Gasteiger partial charge in [-0.1, -0.05) is 48.4 Å². The topological polar surface area (TPSA) is 108 Å². The summed E-state index contributed by atoms with van der Waals surface area (Å²) in [6, 6.07) is 18.1. The standard InChI is InChI=1S/C37H47N5O4S/c1-23-18-24(2)20-27(19-23)34-32(35(40-39-34)46-22-37(4,5)36(43)42-28-14-15-29(42)17-16-28)25(3)21-38-47(44,45)31-13-9-11-26-10-8-12-30(33(26)31)41(6)7/h8-13,18-20,25,28-29,38H,14-17,21-22H2,1-7H3,(H,39,40)/t25-,28?,29?/m1/s1. The lowest BCUT2D eigenvalue weighted by molar-refractivity contribution is -0.143. The number of carbonyl (C=O) groups excluding carboxylic acids is 1. The predicted octanol–water partition coefficient (Wildman–Crippen LogP) is 6.55. The number of hydrogen-bond donors (Lipinski definition) is 2. The summed E-state index contributed by atoms with van der Waals surface area (Å²) in [5.41, 5.74) is 4.80. The lowest BCUT2D eigenvalue weighted by Gasteiger charge is -2.32. The molecule has 4 aromatic rings. The second-order valence-corrected chi connectivity index (χ2v) is 16.1. The van der Waals surface area contributed by atoms with Crippen LogP contribution in [0.3, 0.4) is 0 Å². The molecule has 2 fully saturated rings. The highest BCUT2D eigenvalue weighted by Crippen LogP contribution is 2.41. The van der Waals surface area contributed by atoms with Gasteiger partial charge < -0.3 is 14.5 Å². The van der Waals surface area contributed by atoms with E-state index in [1.54, 1.807) is 12.1 Å². The molecule has 0 aliphatic carbocycles. The van der Waals surface area contributed by atoms with E-state index in [1.165, 1.54) is 0 Å². The first kappa shape index (κ1) is 33.0. The molecule has 47 heavy (non-hydrogen) atoms. The average Bonchev–Trinajstić information content (AvgIpc) is 3.76. The Hall–Kier alpha value is -3.89. The summed E-state index contributed by atoms with van der Waals surface area (Å²) < 4.78 is 37.1. The third-order valence-corrected chi connectivity index (χ3v) is 11.3. The van der Waals surface area contributed by atoms with Crippen LogP contribution in [0.25, 0.3) is 22.0 Å². The van der Waals surface area contributed by atoms with E-state index < -0.39 is 15.4 Å². The van der Waals surface area contributed by atoms with Crippen LogP contribution >= 0.6 is 0 Å². The van der Waals surface area contributed by atoms with Gasteiger partial charge in [0.1, 0.15) is 6.61 Å². The van der Waals surface area contributed by atoms with Crippen LogP contribution in [0.5, 0.6) is 5.88 Å². The lowest BCUT2D eigenvalue weighted by Crippen LogP contribution is -2.46. The number of nitrogens with one attached hydrogen (secondary N) is 2. The molecule has 3 aromatic carbocycles. The van der Waals surface area contributed by atoms with Crippen molar-refractivity contribution in [3.63, 3.8) is 0 Å². The molecule has 0 saturated carbocycles. The van der Waals surface area contributed by atoms with Gasteiger partial charge in [-0.2, -0.15) is 0 Å². The molecule has 250 valence electrons. The van der Waals surface area contributed by atoms with Crippen LogP contribution in [0.1, 0.15) is 69.1 Å². The second-order valence-electron chi connectivity index (χ2n) is 14.3. The van der Waals surface area contributed by atoms with E-state index in [0.29, 0.717) is 23.3 Å². The van der Waals surface area contributed by atoms with Crippen molar-refractivity contribution in [2.45, 2.75) is 83.2 Å². The van der Waals surface area contributed by atoms with Crippen LogP contribution in [0.15, 0.2) is 59.5 Å². The summed E-state index contributed by atoms with van der Waals surface area (Å²) >= 11 is 0. The molecule has 0 spiro atoms. The van der Waals surface area contributed by atoms with Crippen molar-refractivity contribution in [3.8, 4) is 17.1 Å². The molecule has 2 saturated heterocycles. The SMILES string of the molecule is Cc1cc(C)cc(-c2[nH]nc(OCC(C)(C)C(=O)N3C4CCC3CC4)c2[C@H](C)CNS(=O)(=O)c2cccc3cccc(N(C)C)c23)c1. The molecule has 2 aliphatic heterocycles. The number of H-pyrrole nitrogens is 1. The fraction of sp³-hybridized carbons (Fsp3) is 0.459. The maximum atomic E-state index is 13.9. The molecule has 1 atom stereocenters. The first-order valence-electron chi connectivity index (χ1n) is 16.6. The Labute approximate surface area is 278 Å². The number of sulfonamides is 1. The molecule has 10 heteroatoms. The van der Waals surface area contributed by atoms with Crippen molar-refractivity contribution in [2.24, 2.45) is 5.41 Å². The summed E-state index contributed by atoms with van der Waals surface area (Å²) in [4.78, 5) is 18.0. The van der Waals surface area contributed by atoms with Gasteiger partial charge in [-0.25, -0.2) is 13.1 Å². The molecular formula is C37H47N5O4S. The molecule has 0 unspecified atom stereocenters. The zero-order valence-corrected chi connectivity index (χ0v) is 29.4. The number of aryl methyl sites for hydroxylation is 2. The maximum Gasteiger partial charge on any atom is 0.241 e. The number of ether oxygens (including phenoxy) is 1. The van der Waals surface area contributed by atoms with Crippen LogP contribution in [0, 0.1) is 19.3 Å². The van der Waals surface area contributed by atoms with Crippen LogP contribution in [-0.4, -0.2) is 68.8 Å². The zero-order chi connectivity index (χ0) is 33.7. The predicted molar refractivity (Wildman–Crippen MR) is 188 cm³/mol. The van der Waals surface area contributed by atoms with Crippen LogP contribution in [0.2, 0.25) is 0 Å². The third-order valence-electron chi connectivity index (χ3n) is 9.80. The van der Waals surface area contributed by atoms with E-state index in [4.69, 9.17) is 4.74 Å². The van der Waals surface area contributed by atoms with Gasteiger partial charge in [0.25, 0.3) is 0 Å². The first-order chi connectivity index (χ1) is 22.3. The lowest BCUT2D eigenvalue weighted by atomic mass is 9.92. The number of rotatable bonds is 11. The van der Waals surface area contributed by atoms with Crippen molar-refractivity contribution in [2.75, 3.05) is 32.1 Å². The number of benzene rings is 3. The number of hydrogen-bond acceptors (Lipinski definition) is 6. The summed E-state index contributed by atoms with van der Waals surface area (Å²) in [6.45, 7) is 10.2. The van der Waals surface area contributed by atoms with Gasteiger partial charge in [0.05, 0.1) is 16.0 Å². The number of amides is 1. The van der Waals surface area contributed by atoms with Crippen LogP contribution in [-0.2, 0) is 14.8 Å². The monoisotopic (exact) mass is 657 g/mol. The average molecular weight is 658 g/mol. The molecule has 2 N–H and O–H groups in total. The quantitative estimate of drug-likeness (QED) is 0.189. The molecular weight excluding hydrogens is 611 g/mol. The number of anilines is 1. The number of fused-ring (bicyclic) bond motifs is 3. The zero-order valence-electron chi connectivity index (χ0n) is 28.6. The minimum atomic E-state index is -3.89. The maximum absolute atomic E-state index is 13.9. The minimum absolute atomic E-state index is 0.121. The molecule has 2 aliphatic rings. The smallest absolute Gasteiger partial charge is 0.241 e. The summed E-state index contributed by atoms with van der Waals surface area (Å²) in [5, 5.41) is 9.32. The highest BCUT2D eigenvalue weighted by Gasteiger charge is 2.46. The van der Waals surface area contributed by atoms with E-state index in [-0.39, 0.29) is 29.9 Å². The second kappa shape index (κ2) is 12.6. The van der Waals surface area contributed by atoms with E-state index in [9.17, 15) is 13.2 Å². The van der Waals surface area contributed by atoms with Gasteiger partial charge in [0.15, 0.2) is 0 Å². The van der Waals surface area contributed by atoms with Gasteiger partial charge in [-0.15, -0.1) is 5.10 Å². The van der Waals surface area contributed by atoms with E-state index in [2.05, 4.69) is 38.0 Å². The Morgan fingerprint density at radius 1 is 1.04 bits per heavy atom. The number of aromatic amines is 1. The van der Waals surface area contributed by atoms with Gasteiger partial charge in [-0.05, 0) is 83.0 Å². The summed E-state index contributed by atoms with van der Waals surface area (Å²) in [6.07, 6.45) is 4.33. The van der Waals surface area contributed by atoms with E-state index >= 15 is 0 Å².